The molecule has 0 unspecified atom stereocenters. The molecule has 1 aromatic heterocycles. The third-order valence-corrected chi connectivity index (χ3v) is 6.32. The number of hydrogen-bond acceptors (Lipinski definition) is 3. The van der Waals surface area contributed by atoms with Gasteiger partial charge in [-0.3, -0.25) is 14.6 Å². The van der Waals surface area contributed by atoms with E-state index in [0.717, 1.165) is 22.9 Å². The van der Waals surface area contributed by atoms with Gasteiger partial charge < -0.3 is 10.6 Å². The zero-order chi connectivity index (χ0) is 24.9. The maximum absolute atomic E-state index is 13.6. The molecule has 1 fully saturated rings. The summed E-state index contributed by atoms with van der Waals surface area (Å²) in [7, 11) is 0. The van der Waals surface area contributed by atoms with Gasteiger partial charge in [0.1, 0.15) is 0 Å². The molecule has 8 heteroatoms. The Hall–Kier alpha value is -3.68. The van der Waals surface area contributed by atoms with E-state index in [1.54, 1.807) is 0 Å². The molecule has 2 aromatic carbocycles. The number of halogens is 3. The van der Waals surface area contributed by atoms with Gasteiger partial charge in [-0.2, -0.15) is 13.2 Å². The Kier molecular flexibility index (Phi) is 7.19. The number of pyridine rings is 1. The van der Waals surface area contributed by atoms with Crippen LogP contribution in [0.2, 0.25) is 0 Å². The van der Waals surface area contributed by atoms with Gasteiger partial charge in [-0.05, 0) is 42.0 Å². The van der Waals surface area contributed by atoms with Crippen LogP contribution in [0.15, 0.2) is 79.1 Å². The SMILES string of the molecule is O=C(CC[C@@]1(Cc2ccc(-c3ccccc3)cc2)CCC(=O)N1)N[C@@H](c1cccnc1)C(F)(F)F. The molecule has 3 aromatic rings. The van der Waals surface area contributed by atoms with Gasteiger partial charge in [0.25, 0.3) is 0 Å². The average molecular weight is 482 g/mol. The van der Waals surface area contributed by atoms with Gasteiger partial charge >= 0.3 is 6.18 Å². The molecule has 4 rings (SSSR count). The lowest BCUT2D eigenvalue weighted by Crippen LogP contribution is -2.45. The quantitative estimate of drug-likeness (QED) is 0.468. The van der Waals surface area contributed by atoms with Crippen molar-refractivity contribution in [2.24, 2.45) is 0 Å². The van der Waals surface area contributed by atoms with Crippen LogP contribution in [0, 0.1) is 0 Å². The van der Waals surface area contributed by atoms with Gasteiger partial charge in [0.2, 0.25) is 11.8 Å². The fourth-order valence-electron chi connectivity index (χ4n) is 4.51. The largest absolute Gasteiger partial charge is 0.412 e. The zero-order valence-corrected chi connectivity index (χ0v) is 19.0. The van der Waals surface area contributed by atoms with Crippen LogP contribution in [-0.4, -0.2) is 28.5 Å². The van der Waals surface area contributed by atoms with Gasteiger partial charge in [-0.25, -0.2) is 0 Å². The molecule has 0 spiro atoms. The first-order valence-corrected chi connectivity index (χ1v) is 11.5. The van der Waals surface area contributed by atoms with Gasteiger partial charge in [0.05, 0.1) is 0 Å². The Labute approximate surface area is 201 Å². The number of nitrogens with one attached hydrogen (secondary N) is 2. The van der Waals surface area contributed by atoms with E-state index in [1.165, 1.54) is 18.3 Å². The smallest absolute Gasteiger partial charge is 0.350 e. The third-order valence-electron chi connectivity index (χ3n) is 6.32. The Bertz CT molecular complexity index is 1150. The predicted molar refractivity (Wildman–Crippen MR) is 126 cm³/mol. The lowest BCUT2D eigenvalue weighted by molar-refractivity contribution is -0.163. The summed E-state index contributed by atoms with van der Waals surface area (Å²) in [6.45, 7) is 0. The molecule has 1 aliphatic heterocycles. The van der Waals surface area contributed by atoms with Crippen LogP contribution in [0.25, 0.3) is 11.1 Å². The van der Waals surface area contributed by atoms with Crippen LogP contribution in [0.5, 0.6) is 0 Å². The van der Waals surface area contributed by atoms with E-state index in [-0.39, 0.29) is 24.3 Å². The van der Waals surface area contributed by atoms with Crippen molar-refractivity contribution in [1.82, 2.24) is 15.6 Å². The molecule has 1 saturated heterocycles. The number of hydrogen-bond donors (Lipinski definition) is 2. The summed E-state index contributed by atoms with van der Waals surface area (Å²) >= 11 is 0. The maximum atomic E-state index is 13.6. The first kappa shape index (κ1) is 24.4. The van der Waals surface area contributed by atoms with Crippen molar-refractivity contribution in [1.29, 1.82) is 0 Å². The van der Waals surface area contributed by atoms with Gasteiger partial charge in [0, 0.05) is 36.3 Å². The monoisotopic (exact) mass is 481 g/mol. The molecule has 0 aliphatic carbocycles. The number of rotatable bonds is 8. The fraction of sp³-hybridized carbons (Fsp3) is 0.296. The highest BCUT2D eigenvalue weighted by Gasteiger charge is 2.43. The average Bonchev–Trinajstić information content (AvgIpc) is 3.22. The summed E-state index contributed by atoms with van der Waals surface area (Å²) in [5, 5.41) is 5.08. The summed E-state index contributed by atoms with van der Waals surface area (Å²) in [4.78, 5) is 28.4. The predicted octanol–water partition coefficient (Wildman–Crippen LogP) is 5.14. The number of alkyl halides is 3. The molecule has 2 N–H and O–H groups in total. The first-order valence-electron chi connectivity index (χ1n) is 11.5. The summed E-state index contributed by atoms with van der Waals surface area (Å²) < 4.78 is 40.7. The van der Waals surface area contributed by atoms with E-state index >= 15 is 0 Å². The Morgan fingerprint density at radius 3 is 2.34 bits per heavy atom. The third kappa shape index (κ3) is 6.26. The van der Waals surface area contributed by atoms with Crippen LogP contribution in [0.4, 0.5) is 13.2 Å². The molecule has 0 saturated carbocycles. The molecular formula is C27H26F3N3O2. The second-order valence-electron chi connectivity index (χ2n) is 8.90. The standard InChI is InChI=1S/C27H26F3N3O2/c28-27(29,30)25(22-7-4-16-31-18-22)32-23(34)12-14-26(15-13-24(35)33-26)17-19-8-10-21(11-9-19)20-5-2-1-3-6-20/h1-11,16,18,25H,12-15,17H2,(H,32,34)(H,33,35)/t25-,26-/m0/s1. The molecule has 182 valence electrons. The topological polar surface area (TPSA) is 71.1 Å². The number of benzene rings is 2. The van der Waals surface area contributed by atoms with Gasteiger partial charge in [-0.15, -0.1) is 0 Å². The number of aromatic nitrogens is 1. The fourth-order valence-corrected chi connectivity index (χ4v) is 4.51. The minimum atomic E-state index is -4.65. The first-order chi connectivity index (χ1) is 16.7. The highest BCUT2D eigenvalue weighted by Crippen LogP contribution is 2.34. The number of amides is 2. The van der Waals surface area contributed by atoms with Gasteiger partial charge in [0.15, 0.2) is 6.04 Å². The molecule has 0 radical (unpaired) electrons. The minimum Gasteiger partial charge on any atom is -0.350 e. The molecule has 1 aliphatic rings. The van der Waals surface area contributed by atoms with Crippen LogP contribution < -0.4 is 10.6 Å². The van der Waals surface area contributed by atoms with Crippen LogP contribution >= 0.6 is 0 Å². The highest BCUT2D eigenvalue weighted by molar-refractivity contribution is 5.80. The lowest BCUT2D eigenvalue weighted by Gasteiger charge is -2.30. The minimum absolute atomic E-state index is 0.116. The Morgan fingerprint density at radius 2 is 1.74 bits per heavy atom. The molecule has 2 atom stereocenters. The van der Waals surface area contributed by atoms with E-state index in [0.29, 0.717) is 19.3 Å². The van der Waals surface area contributed by atoms with E-state index in [1.807, 2.05) is 54.6 Å². The number of carbonyl (C=O) groups is 2. The second kappa shape index (κ2) is 10.3. The lowest BCUT2D eigenvalue weighted by atomic mass is 9.84. The molecule has 2 heterocycles. The Morgan fingerprint density at radius 1 is 1.03 bits per heavy atom. The van der Waals surface area contributed by atoms with Crippen molar-refractivity contribution in [2.75, 3.05) is 0 Å². The van der Waals surface area contributed by atoms with E-state index < -0.39 is 23.7 Å². The molecule has 35 heavy (non-hydrogen) atoms. The maximum Gasteiger partial charge on any atom is 0.412 e. The van der Waals surface area contributed by atoms with Crippen LogP contribution in [-0.2, 0) is 16.0 Å². The van der Waals surface area contributed by atoms with E-state index in [9.17, 15) is 22.8 Å². The number of carbonyl (C=O) groups excluding carboxylic acids is 2. The van der Waals surface area contributed by atoms with Crippen LogP contribution in [0.3, 0.4) is 0 Å². The van der Waals surface area contributed by atoms with Crippen molar-refractivity contribution in [2.45, 2.75) is 49.9 Å². The summed E-state index contributed by atoms with van der Waals surface area (Å²) in [6.07, 6.45) is -0.758. The van der Waals surface area contributed by atoms with Crippen molar-refractivity contribution in [3.05, 3.63) is 90.3 Å². The van der Waals surface area contributed by atoms with Crippen LogP contribution in [0.1, 0.15) is 42.9 Å². The van der Waals surface area contributed by atoms with Crippen molar-refractivity contribution < 1.29 is 22.8 Å². The summed E-state index contributed by atoms with van der Waals surface area (Å²) in [6, 6.07) is 18.4. The van der Waals surface area contributed by atoms with E-state index in [2.05, 4.69) is 15.6 Å². The molecule has 5 nitrogen and oxygen atoms in total. The normalized spacial score (nSPS) is 18.7. The van der Waals surface area contributed by atoms with Gasteiger partial charge in [-0.1, -0.05) is 60.7 Å². The number of nitrogens with zero attached hydrogens (tertiary/aromatic N) is 1. The summed E-state index contributed by atoms with van der Waals surface area (Å²) in [5.41, 5.74) is 2.33. The second-order valence-corrected chi connectivity index (χ2v) is 8.90. The Balaban J connectivity index is 1.43. The molecule has 2 amide bonds. The highest BCUT2D eigenvalue weighted by atomic mass is 19.4. The van der Waals surface area contributed by atoms with E-state index in [4.69, 9.17) is 0 Å². The molecular weight excluding hydrogens is 455 g/mol. The molecule has 0 bridgehead atoms. The van der Waals surface area contributed by atoms with Crippen molar-refractivity contribution in [3.63, 3.8) is 0 Å². The summed E-state index contributed by atoms with van der Waals surface area (Å²) in [5.74, 6) is -0.842. The van der Waals surface area contributed by atoms with Crippen molar-refractivity contribution >= 4 is 11.8 Å². The zero-order valence-electron chi connectivity index (χ0n) is 19.0. The van der Waals surface area contributed by atoms with Crippen molar-refractivity contribution in [3.8, 4) is 11.1 Å².